The highest BCUT2D eigenvalue weighted by molar-refractivity contribution is 5.85. The van der Waals surface area contributed by atoms with E-state index in [1.807, 2.05) is 0 Å². The molecule has 2 aliphatic rings. The van der Waals surface area contributed by atoms with Crippen molar-refractivity contribution >= 4 is 24.8 Å². The molecule has 2 saturated heterocycles. The second-order valence-corrected chi connectivity index (χ2v) is 6.31. The zero-order valence-electron chi connectivity index (χ0n) is 13.2. The quantitative estimate of drug-likeness (QED) is 0.884. The van der Waals surface area contributed by atoms with Crippen molar-refractivity contribution < 1.29 is 13.5 Å². The zero-order valence-corrected chi connectivity index (χ0v) is 14.9. The van der Waals surface area contributed by atoms with Crippen LogP contribution in [0.1, 0.15) is 24.8 Å². The van der Waals surface area contributed by atoms with Gasteiger partial charge in [0, 0.05) is 37.3 Å². The number of likely N-dealkylation sites (tertiary alicyclic amines) is 1. The van der Waals surface area contributed by atoms with E-state index < -0.39 is 11.6 Å². The summed E-state index contributed by atoms with van der Waals surface area (Å²) in [6, 6.07) is 2.51. The van der Waals surface area contributed by atoms with E-state index in [1.165, 1.54) is 32.1 Å². The molecule has 3 nitrogen and oxygen atoms in total. The first-order chi connectivity index (χ1) is 10.1. The van der Waals surface area contributed by atoms with Gasteiger partial charge in [0.2, 0.25) is 0 Å². The summed E-state index contributed by atoms with van der Waals surface area (Å²) in [6.45, 7) is 4.28. The summed E-state index contributed by atoms with van der Waals surface area (Å²) < 4.78 is 32.9. The van der Waals surface area contributed by atoms with Gasteiger partial charge in [-0.15, -0.1) is 24.8 Å². The van der Waals surface area contributed by atoms with Gasteiger partial charge < -0.3 is 10.1 Å². The molecule has 1 N–H and O–H groups in total. The van der Waals surface area contributed by atoms with E-state index in [0.717, 1.165) is 32.6 Å². The van der Waals surface area contributed by atoms with Crippen molar-refractivity contribution in [2.75, 3.05) is 33.3 Å². The molecule has 0 radical (unpaired) electrons. The second kappa shape index (κ2) is 8.47. The number of methoxy groups -OCH3 is 1. The number of rotatable bonds is 3. The van der Waals surface area contributed by atoms with E-state index in [9.17, 15) is 8.78 Å². The minimum atomic E-state index is -0.519. The van der Waals surface area contributed by atoms with Gasteiger partial charge in [0.05, 0.1) is 7.11 Å². The van der Waals surface area contributed by atoms with Crippen LogP contribution in [-0.2, 0) is 6.54 Å². The van der Waals surface area contributed by atoms with Gasteiger partial charge in [0.15, 0.2) is 0 Å². The molecule has 1 aromatic rings. The predicted octanol–water partition coefficient (Wildman–Crippen LogP) is 3.39. The Balaban J connectivity index is 0.00000132. The minimum Gasteiger partial charge on any atom is -0.497 e. The molecule has 23 heavy (non-hydrogen) atoms. The Morgan fingerprint density at radius 3 is 2.48 bits per heavy atom. The molecule has 0 amide bonds. The molecule has 1 aromatic carbocycles. The first-order valence-electron chi connectivity index (χ1n) is 7.57. The topological polar surface area (TPSA) is 24.5 Å². The van der Waals surface area contributed by atoms with E-state index in [1.54, 1.807) is 0 Å². The Labute approximate surface area is 148 Å². The maximum atomic E-state index is 14.0. The molecule has 2 fully saturated rings. The number of nitrogens with zero attached hydrogens (tertiary/aromatic N) is 1. The fourth-order valence-electron chi connectivity index (χ4n) is 3.61. The lowest BCUT2D eigenvalue weighted by Crippen LogP contribution is -2.41. The summed E-state index contributed by atoms with van der Waals surface area (Å²) >= 11 is 0. The lowest BCUT2D eigenvalue weighted by atomic mass is 9.80. The number of hydrogen-bond donors (Lipinski definition) is 1. The normalized spacial score (nSPS) is 24.1. The molecular weight excluding hydrogens is 345 g/mol. The Bertz CT molecular complexity index is 502. The van der Waals surface area contributed by atoms with E-state index in [2.05, 4.69) is 10.2 Å². The second-order valence-electron chi connectivity index (χ2n) is 6.31. The average molecular weight is 369 g/mol. The van der Waals surface area contributed by atoms with Gasteiger partial charge in [-0.3, -0.25) is 4.90 Å². The predicted molar refractivity (Wildman–Crippen MR) is 91.8 cm³/mol. The van der Waals surface area contributed by atoms with Crippen molar-refractivity contribution in [1.82, 2.24) is 10.2 Å². The number of piperidine rings is 1. The molecule has 132 valence electrons. The Morgan fingerprint density at radius 1 is 1.22 bits per heavy atom. The van der Waals surface area contributed by atoms with Crippen LogP contribution in [0.25, 0.3) is 0 Å². The third-order valence-electron chi connectivity index (χ3n) is 4.81. The molecule has 2 heterocycles. The first-order valence-corrected chi connectivity index (χ1v) is 7.57. The van der Waals surface area contributed by atoms with Gasteiger partial charge >= 0.3 is 0 Å². The van der Waals surface area contributed by atoms with Crippen molar-refractivity contribution in [3.63, 3.8) is 0 Å². The smallest absolute Gasteiger partial charge is 0.134 e. The fraction of sp³-hybridized carbons (Fsp3) is 0.625. The summed E-state index contributed by atoms with van der Waals surface area (Å²) in [6.07, 6.45) is 3.52. The Hall–Kier alpha value is -0.620. The molecule has 0 aliphatic carbocycles. The van der Waals surface area contributed by atoms with Crippen molar-refractivity contribution in [1.29, 1.82) is 0 Å². The summed E-state index contributed by atoms with van der Waals surface area (Å²) in [5.41, 5.74) is 0.453. The molecule has 0 aromatic heterocycles. The summed E-state index contributed by atoms with van der Waals surface area (Å²) in [4.78, 5) is 2.17. The van der Waals surface area contributed by atoms with Crippen LogP contribution < -0.4 is 10.1 Å². The maximum Gasteiger partial charge on any atom is 0.134 e. The lowest BCUT2D eigenvalue weighted by molar-refractivity contribution is 0.197. The lowest BCUT2D eigenvalue weighted by Gasteiger charge is -2.34. The van der Waals surface area contributed by atoms with E-state index in [-0.39, 0.29) is 36.1 Å². The molecule has 2 aliphatic heterocycles. The van der Waals surface area contributed by atoms with Crippen molar-refractivity contribution in [2.24, 2.45) is 5.41 Å². The standard InChI is InChI=1S/C16H22F2N2O.2ClH/c1-21-12-7-14(17)13(15(18)8-12)9-20-6-4-16(11-20)3-2-5-19-10-16;;/h7-8,19H,2-6,9-11H2,1H3;2*1H. The highest BCUT2D eigenvalue weighted by atomic mass is 35.5. The van der Waals surface area contributed by atoms with Gasteiger partial charge in [-0.2, -0.15) is 0 Å². The van der Waals surface area contributed by atoms with Gasteiger partial charge in [0.25, 0.3) is 0 Å². The fourth-order valence-corrected chi connectivity index (χ4v) is 3.61. The number of hydrogen-bond acceptors (Lipinski definition) is 3. The van der Waals surface area contributed by atoms with E-state index >= 15 is 0 Å². The summed E-state index contributed by atoms with van der Waals surface area (Å²) in [7, 11) is 1.41. The minimum absolute atomic E-state index is 0. The molecule has 0 saturated carbocycles. The van der Waals surface area contributed by atoms with Crippen LogP contribution in [0.4, 0.5) is 8.78 Å². The number of ether oxygens (including phenoxy) is 1. The SMILES string of the molecule is COc1cc(F)c(CN2CCC3(CCCNC3)C2)c(F)c1.Cl.Cl. The van der Waals surface area contributed by atoms with Crippen LogP contribution in [0, 0.1) is 17.0 Å². The number of benzene rings is 1. The van der Waals surface area contributed by atoms with E-state index in [4.69, 9.17) is 4.74 Å². The highest BCUT2D eigenvalue weighted by Gasteiger charge is 2.39. The summed E-state index contributed by atoms with van der Waals surface area (Å²) in [5.74, 6) is -0.813. The molecule has 3 rings (SSSR count). The highest BCUT2D eigenvalue weighted by Crippen LogP contribution is 2.37. The maximum absolute atomic E-state index is 14.0. The Morgan fingerprint density at radius 2 is 1.91 bits per heavy atom. The average Bonchev–Trinajstić information content (AvgIpc) is 2.86. The third-order valence-corrected chi connectivity index (χ3v) is 4.81. The van der Waals surface area contributed by atoms with Crippen molar-refractivity contribution in [3.8, 4) is 5.75 Å². The number of nitrogens with one attached hydrogen (secondary N) is 1. The largest absolute Gasteiger partial charge is 0.497 e. The molecule has 1 unspecified atom stereocenters. The van der Waals surface area contributed by atoms with E-state index in [0.29, 0.717) is 12.0 Å². The van der Waals surface area contributed by atoms with Crippen LogP contribution in [0.3, 0.4) is 0 Å². The van der Waals surface area contributed by atoms with Crippen LogP contribution in [0.5, 0.6) is 5.75 Å². The Kier molecular flexibility index (Phi) is 7.52. The van der Waals surface area contributed by atoms with Crippen molar-refractivity contribution in [2.45, 2.75) is 25.8 Å². The van der Waals surface area contributed by atoms with Crippen LogP contribution in [0.15, 0.2) is 12.1 Å². The molecule has 7 heteroatoms. The zero-order chi connectivity index (χ0) is 14.9. The van der Waals surface area contributed by atoms with Crippen LogP contribution in [0.2, 0.25) is 0 Å². The van der Waals surface area contributed by atoms with Crippen molar-refractivity contribution in [3.05, 3.63) is 29.3 Å². The molecular formula is C16H24Cl2F2N2O. The molecule has 0 bridgehead atoms. The van der Waals surface area contributed by atoms with Crippen LogP contribution in [-0.4, -0.2) is 38.2 Å². The van der Waals surface area contributed by atoms with Gasteiger partial charge in [-0.1, -0.05) is 0 Å². The van der Waals surface area contributed by atoms with Gasteiger partial charge in [-0.25, -0.2) is 8.78 Å². The number of halogens is 4. The van der Waals surface area contributed by atoms with Gasteiger partial charge in [0.1, 0.15) is 17.4 Å². The monoisotopic (exact) mass is 368 g/mol. The molecule has 1 atom stereocenters. The van der Waals surface area contributed by atoms with Gasteiger partial charge in [-0.05, 0) is 37.8 Å². The summed E-state index contributed by atoms with van der Waals surface area (Å²) in [5, 5.41) is 3.45. The first kappa shape index (κ1) is 20.4. The van der Waals surface area contributed by atoms with Crippen LogP contribution >= 0.6 is 24.8 Å². The molecule has 1 spiro atoms. The third kappa shape index (κ3) is 4.47.